The van der Waals surface area contributed by atoms with E-state index in [1.807, 2.05) is 0 Å². The summed E-state index contributed by atoms with van der Waals surface area (Å²) in [6.07, 6.45) is 0. The van der Waals surface area contributed by atoms with E-state index in [0.29, 0.717) is 0 Å². The molecule has 0 bridgehead atoms. The van der Waals surface area contributed by atoms with Gasteiger partial charge in [-0.2, -0.15) is 4.72 Å². The zero-order valence-electron chi connectivity index (χ0n) is 10.9. The average Bonchev–Trinajstić information content (AvgIpc) is 2.27. The molecule has 0 aliphatic rings. The van der Waals surface area contributed by atoms with Crippen molar-refractivity contribution in [1.29, 1.82) is 0 Å². The highest BCUT2D eigenvalue weighted by atomic mass is 35.5. The summed E-state index contributed by atoms with van der Waals surface area (Å²) < 4.78 is 31.1. The number of carbonyl (C=O) groups is 1. The minimum atomic E-state index is -3.85. The van der Waals surface area contributed by atoms with Crippen LogP contribution in [0.2, 0.25) is 5.02 Å². The number of esters is 1. The number of hydrogen-bond acceptors (Lipinski definition) is 4. The molecule has 1 atom stereocenters. The molecule has 1 aromatic carbocycles. The minimum absolute atomic E-state index is 0.0593. The number of nitrogens with one attached hydrogen (secondary N) is 1. The fourth-order valence-corrected chi connectivity index (χ4v) is 3.23. The Hall–Kier alpha value is -1.11. The fourth-order valence-electron chi connectivity index (χ4n) is 1.44. The molecule has 0 aliphatic heterocycles. The summed E-state index contributed by atoms with van der Waals surface area (Å²) in [5.74, 6) is -0.630. The third-order valence-electron chi connectivity index (χ3n) is 2.35. The molecule has 0 amide bonds. The Labute approximate surface area is 118 Å². The summed E-state index contributed by atoms with van der Waals surface area (Å²) in [7, 11) is -3.85. The van der Waals surface area contributed by atoms with Crippen molar-refractivity contribution in [3.05, 3.63) is 28.8 Å². The van der Waals surface area contributed by atoms with E-state index in [-0.39, 0.29) is 16.5 Å². The molecule has 1 rings (SSSR count). The van der Waals surface area contributed by atoms with E-state index in [1.165, 1.54) is 13.0 Å². The molecule has 7 heteroatoms. The zero-order valence-corrected chi connectivity index (χ0v) is 12.5. The average molecular weight is 306 g/mol. The second-order valence-electron chi connectivity index (χ2n) is 4.03. The first-order valence-electron chi connectivity index (χ1n) is 5.73. The van der Waals surface area contributed by atoms with Crippen molar-refractivity contribution < 1.29 is 17.9 Å². The summed E-state index contributed by atoms with van der Waals surface area (Å²) in [5.41, 5.74) is 0.849. The molecular formula is C12H16ClNO4S. The molecule has 1 N–H and O–H groups in total. The molecule has 0 saturated carbocycles. The van der Waals surface area contributed by atoms with Crippen LogP contribution in [0.4, 0.5) is 0 Å². The highest BCUT2D eigenvalue weighted by Gasteiger charge is 2.24. The van der Waals surface area contributed by atoms with Gasteiger partial charge in [0.15, 0.2) is 0 Å². The Morgan fingerprint density at radius 2 is 2.11 bits per heavy atom. The van der Waals surface area contributed by atoms with Crippen LogP contribution in [0.3, 0.4) is 0 Å². The van der Waals surface area contributed by atoms with Gasteiger partial charge in [0.2, 0.25) is 10.0 Å². The van der Waals surface area contributed by atoms with Crippen LogP contribution >= 0.6 is 11.6 Å². The maximum absolute atomic E-state index is 12.1. The monoisotopic (exact) mass is 305 g/mol. The Morgan fingerprint density at radius 1 is 1.47 bits per heavy atom. The van der Waals surface area contributed by atoms with E-state index in [4.69, 9.17) is 16.3 Å². The van der Waals surface area contributed by atoms with Crippen molar-refractivity contribution in [1.82, 2.24) is 4.72 Å². The number of hydrogen-bond donors (Lipinski definition) is 1. The molecule has 0 saturated heterocycles. The summed E-state index contributed by atoms with van der Waals surface area (Å²) in [4.78, 5) is 11.3. The predicted molar refractivity (Wildman–Crippen MR) is 72.6 cm³/mol. The Kier molecular flexibility index (Phi) is 5.34. The smallest absolute Gasteiger partial charge is 0.323 e. The van der Waals surface area contributed by atoms with E-state index >= 15 is 0 Å². The van der Waals surface area contributed by atoms with Crippen molar-refractivity contribution in [3.63, 3.8) is 0 Å². The van der Waals surface area contributed by atoms with Gasteiger partial charge in [0.25, 0.3) is 0 Å². The number of benzene rings is 1. The van der Waals surface area contributed by atoms with E-state index in [0.717, 1.165) is 5.56 Å². The quantitative estimate of drug-likeness (QED) is 0.843. The van der Waals surface area contributed by atoms with Crippen LogP contribution in [0.5, 0.6) is 0 Å². The van der Waals surface area contributed by atoms with Crippen LogP contribution < -0.4 is 4.72 Å². The Morgan fingerprint density at radius 3 is 2.63 bits per heavy atom. The molecule has 0 aliphatic carbocycles. The van der Waals surface area contributed by atoms with Gasteiger partial charge < -0.3 is 4.74 Å². The second kappa shape index (κ2) is 6.36. The highest BCUT2D eigenvalue weighted by Crippen LogP contribution is 2.22. The molecule has 1 aromatic rings. The lowest BCUT2D eigenvalue weighted by molar-refractivity contribution is -0.144. The summed E-state index contributed by atoms with van der Waals surface area (Å²) in [5, 5.41) is 0.114. The number of rotatable bonds is 5. The second-order valence-corrected chi connectivity index (χ2v) is 6.12. The van der Waals surface area contributed by atoms with Gasteiger partial charge in [-0.25, -0.2) is 8.42 Å². The normalized spacial score (nSPS) is 13.1. The first-order valence-corrected chi connectivity index (χ1v) is 7.59. The van der Waals surface area contributed by atoms with Crippen LogP contribution in [-0.2, 0) is 19.6 Å². The SMILES string of the molecule is CCOC(=O)C(C)NS(=O)(=O)c1ccc(C)cc1Cl. The van der Waals surface area contributed by atoms with Gasteiger partial charge in [0, 0.05) is 0 Å². The van der Waals surface area contributed by atoms with E-state index in [1.54, 1.807) is 26.0 Å². The molecule has 106 valence electrons. The van der Waals surface area contributed by atoms with Crippen LogP contribution in [0, 0.1) is 6.92 Å². The van der Waals surface area contributed by atoms with E-state index in [9.17, 15) is 13.2 Å². The molecule has 5 nitrogen and oxygen atoms in total. The summed E-state index contributed by atoms with van der Waals surface area (Å²) in [6.45, 7) is 5.06. The lowest BCUT2D eigenvalue weighted by atomic mass is 10.2. The molecule has 0 spiro atoms. The number of carbonyl (C=O) groups excluding carboxylic acids is 1. The lowest BCUT2D eigenvalue weighted by Gasteiger charge is -2.14. The largest absolute Gasteiger partial charge is 0.465 e. The van der Waals surface area contributed by atoms with Crippen LogP contribution in [0.1, 0.15) is 19.4 Å². The highest BCUT2D eigenvalue weighted by molar-refractivity contribution is 7.89. The van der Waals surface area contributed by atoms with Gasteiger partial charge >= 0.3 is 5.97 Å². The van der Waals surface area contributed by atoms with E-state index in [2.05, 4.69) is 4.72 Å². The number of sulfonamides is 1. The van der Waals surface area contributed by atoms with Crippen LogP contribution in [-0.4, -0.2) is 27.0 Å². The third-order valence-corrected chi connectivity index (χ3v) is 4.37. The number of ether oxygens (including phenoxy) is 1. The zero-order chi connectivity index (χ0) is 14.6. The van der Waals surface area contributed by atoms with Gasteiger partial charge in [-0.3, -0.25) is 4.79 Å². The Bertz CT molecular complexity index is 571. The predicted octanol–water partition coefficient (Wildman–Crippen LogP) is 1.88. The third kappa shape index (κ3) is 4.19. The summed E-state index contributed by atoms with van der Waals surface area (Å²) >= 11 is 5.90. The summed E-state index contributed by atoms with van der Waals surface area (Å²) in [6, 6.07) is 3.61. The van der Waals surface area contributed by atoms with Crippen LogP contribution in [0.15, 0.2) is 23.1 Å². The molecule has 1 unspecified atom stereocenters. The van der Waals surface area contributed by atoms with Crippen molar-refractivity contribution in [3.8, 4) is 0 Å². The number of halogens is 1. The maximum Gasteiger partial charge on any atom is 0.323 e. The van der Waals surface area contributed by atoms with Crippen molar-refractivity contribution in [2.24, 2.45) is 0 Å². The first kappa shape index (κ1) is 15.9. The van der Waals surface area contributed by atoms with Crippen molar-refractivity contribution in [2.75, 3.05) is 6.61 Å². The minimum Gasteiger partial charge on any atom is -0.465 e. The standard InChI is InChI=1S/C12H16ClNO4S/c1-4-18-12(15)9(3)14-19(16,17)11-6-5-8(2)7-10(11)13/h5-7,9,14H,4H2,1-3H3. The van der Waals surface area contributed by atoms with E-state index < -0.39 is 22.0 Å². The Balaban J connectivity index is 2.95. The van der Waals surface area contributed by atoms with Gasteiger partial charge in [-0.1, -0.05) is 17.7 Å². The van der Waals surface area contributed by atoms with Gasteiger partial charge in [0.05, 0.1) is 11.6 Å². The van der Waals surface area contributed by atoms with Gasteiger partial charge in [-0.05, 0) is 38.5 Å². The molecule has 0 heterocycles. The first-order chi connectivity index (χ1) is 8.77. The van der Waals surface area contributed by atoms with Crippen molar-refractivity contribution in [2.45, 2.75) is 31.7 Å². The number of aryl methyl sites for hydroxylation is 1. The van der Waals surface area contributed by atoms with Gasteiger partial charge in [0.1, 0.15) is 10.9 Å². The van der Waals surface area contributed by atoms with Crippen LogP contribution in [0.25, 0.3) is 0 Å². The molecular weight excluding hydrogens is 290 g/mol. The molecule has 19 heavy (non-hydrogen) atoms. The molecule has 0 fully saturated rings. The maximum atomic E-state index is 12.1. The fraction of sp³-hybridized carbons (Fsp3) is 0.417. The topological polar surface area (TPSA) is 72.5 Å². The lowest BCUT2D eigenvalue weighted by Crippen LogP contribution is -2.39. The van der Waals surface area contributed by atoms with Crippen molar-refractivity contribution >= 4 is 27.6 Å². The molecule has 0 aromatic heterocycles. The molecule has 0 radical (unpaired) electrons. The van der Waals surface area contributed by atoms with Gasteiger partial charge in [-0.15, -0.1) is 0 Å².